The molecule has 0 spiro atoms. The lowest BCUT2D eigenvalue weighted by Gasteiger charge is -2.13. The van der Waals surface area contributed by atoms with E-state index < -0.39 is 24.3 Å². The predicted octanol–water partition coefficient (Wildman–Crippen LogP) is 4.23. The number of carboxylic acids is 2. The average Bonchev–Trinajstić information content (AvgIpc) is 3.51. The van der Waals surface area contributed by atoms with E-state index in [0.29, 0.717) is 6.61 Å². The van der Waals surface area contributed by atoms with Crippen LogP contribution in [0.1, 0.15) is 21.8 Å². The van der Waals surface area contributed by atoms with Crippen LogP contribution >= 0.6 is 11.3 Å². The molecule has 4 rings (SSSR count). The topological polar surface area (TPSA) is 129 Å². The standard InChI is InChI=1S/C16H16N4OS.2C2HF3O2/c1-3-12(7-17-5-1)21-11-16-14-9-20(10-15(14)18-19-16)8-13-4-2-6-22-13;2*3-2(4,5)1(6)7/h1-7H,8-11H2,(H,18,19);2*(H,6,7). The zero-order valence-corrected chi connectivity index (χ0v) is 18.8. The third kappa shape index (κ3) is 9.18. The van der Waals surface area contributed by atoms with Gasteiger partial charge in [-0.2, -0.15) is 31.4 Å². The van der Waals surface area contributed by atoms with Gasteiger partial charge < -0.3 is 14.9 Å². The second-order valence-electron chi connectivity index (χ2n) is 6.94. The predicted molar refractivity (Wildman–Crippen MR) is 112 cm³/mol. The van der Waals surface area contributed by atoms with Gasteiger partial charge in [-0.1, -0.05) is 6.07 Å². The van der Waals surface area contributed by atoms with E-state index in [1.54, 1.807) is 23.7 Å². The lowest BCUT2D eigenvalue weighted by Crippen LogP contribution is -2.21. The van der Waals surface area contributed by atoms with E-state index in [2.05, 4.69) is 37.6 Å². The molecule has 0 bridgehead atoms. The number of alkyl halides is 6. The molecule has 3 aromatic rings. The number of thiophene rings is 1. The molecule has 0 saturated carbocycles. The summed E-state index contributed by atoms with van der Waals surface area (Å²) in [6.45, 7) is 3.32. The van der Waals surface area contributed by atoms with Crippen LogP contribution in [-0.4, -0.2) is 54.6 Å². The molecule has 0 amide bonds. The fraction of sp³-hybridized carbons (Fsp3) is 0.300. The van der Waals surface area contributed by atoms with Gasteiger partial charge in [-0.05, 0) is 23.6 Å². The Morgan fingerprint density at radius 3 is 2.19 bits per heavy atom. The van der Waals surface area contributed by atoms with Crippen molar-refractivity contribution in [1.29, 1.82) is 0 Å². The van der Waals surface area contributed by atoms with Crippen molar-refractivity contribution in [2.75, 3.05) is 0 Å². The van der Waals surface area contributed by atoms with Crippen LogP contribution < -0.4 is 4.74 Å². The van der Waals surface area contributed by atoms with Crippen LogP contribution in [0.4, 0.5) is 26.3 Å². The number of pyridine rings is 1. The Bertz CT molecular complexity index is 1100. The number of carboxylic acid groups (broad SMARTS) is 2. The minimum atomic E-state index is -5.08. The summed E-state index contributed by atoms with van der Waals surface area (Å²) >= 11 is 1.80. The maximum absolute atomic E-state index is 10.6. The zero-order chi connectivity index (χ0) is 26.9. The Morgan fingerprint density at radius 2 is 1.69 bits per heavy atom. The van der Waals surface area contributed by atoms with E-state index in [1.165, 1.54) is 16.1 Å². The first-order valence-corrected chi connectivity index (χ1v) is 10.6. The van der Waals surface area contributed by atoms with Gasteiger partial charge in [0.05, 0.1) is 11.9 Å². The van der Waals surface area contributed by atoms with Gasteiger partial charge in [-0.15, -0.1) is 11.3 Å². The largest absolute Gasteiger partial charge is 0.490 e. The number of halogens is 6. The Kier molecular flexibility index (Phi) is 9.80. The molecule has 0 radical (unpaired) electrons. The van der Waals surface area contributed by atoms with Gasteiger partial charge in [0.15, 0.2) is 0 Å². The number of ether oxygens (including phenoxy) is 1. The van der Waals surface area contributed by atoms with Gasteiger partial charge in [0, 0.05) is 36.3 Å². The van der Waals surface area contributed by atoms with Crippen molar-refractivity contribution in [3.05, 3.63) is 63.9 Å². The molecule has 3 aromatic heterocycles. The molecule has 0 aliphatic carbocycles. The quantitative estimate of drug-likeness (QED) is 0.411. The monoisotopic (exact) mass is 540 g/mol. The van der Waals surface area contributed by atoms with Crippen LogP contribution in [0.25, 0.3) is 0 Å². The molecular formula is C20H18F6N4O5S. The number of H-pyrrole nitrogens is 1. The summed E-state index contributed by atoms with van der Waals surface area (Å²) < 4.78 is 69.2. The molecule has 4 heterocycles. The molecule has 0 unspecified atom stereocenters. The van der Waals surface area contributed by atoms with Crippen LogP contribution in [-0.2, 0) is 35.8 Å². The minimum Gasteiger partial charge on any atom is -0.486 e. The molecule has 196 valence electrons. The SMILES string of the molecule is O=C(O)C(F)(F)F.O=C(O)C(F)(F)F.c1cncc(OCc2n[nH]c3c2CN(Cc2cccs2)C3)c1. The summed E-state index contributed by atoms with van der Waals surface area (Å²) in [6, 6.07) is 8.06. The van der Waals surface area contributed by atoms with E-state index in [1.807, 2.05) is 12.1 Å². The summed E-state index contributed by atoms with van der Waals surface area (Å²) in [4.78, 5) is 25.7. The van der Waals surface area contributed by atoms with Crippen LogP contribution in [0.15, 0.2) is 42.0 Å². The van der Waals surface area contributed by atoms with Crippen molar-refractivity contribution in [2.45, 2.75) is 38.6 Å². The van der Waals surface area contributed by atoms with Crippen molar-refractivity contribution >= 4 is 23.3 Å². The molecular weight excluding hydrogens is 522 g/mol. The Labute approximate surface area is 203 Å². The van der Waals surface area contributed by atoms with Gasteiger partial charge in [0.1, 0.15) is 18.1 Å². The zero-order valence-electron chi connectivity index (χ0n) is 18.0. The first-order chi connectivity index (χ1) is 16.8. The number of nitrogens with zero attached hydrogens (tertiary/aromatic N) is 3. The van der Waals surface area contributed by atoms with Crippen molar-refractivity contribution in [3.8, 4) is 5.75 Å². The average molecular weight is 540 g/mol. The summed E-state index contributed by atoms with van der Waals surface area (Å²) in [5, 5.41) is 23.9. The second kappa shape index (κ2) is 12.3. The number of hydrogen-bond donors (Lipinski definition) is 3. The third-order valence-corrected chi connectivity index (χ3v) is 5.12. The molecule has 16 heteroatoms. The third-order valence-electron chi connectivity index (χ3n) is 4.26. The molecule has 36 heavy (non-hydrogen) atoms. The minimum absolute atomic E-state index is 0.477. The molecule has 1 aliphatic rings. The van der Waals surface area contributed by atoms with Gasteiger partial charge in [-0.3, -0.25) is 15.0 Å². The number of rotatable bonds is 5. The molecule has 0 saturated heterocycles. The summed E-state index contributed by atoms with van der Waals surface area (Å²) in [5.41, 5.74) is 3.48. The first-order valence-electron chi connectivity index (χ1n) is 9.70. The smallest absolute Gasteiger partial charge is 0.486 e. The number of aromatic nitrogens is 3. The normalized spacial score (nSPS) is 13.1. The Hall–Kier alpha value is -3.66. The number of aliphatic carboxylic acids is 2. The number of aromatic amines is 1. The number of carbonyl (C=O) groups is 2. The summed E-state index contributed by atoms with van der Waals surface area (Å²) in [6.07, 6.45) is -6.71. The number of hydrogen-bond acceptors (Lipinski definition) is 7. The van der Waals surface area contributed by atoms with Crippen molar-refractivity contribution in [1.82, 2.24) is 20.1 Å². The lowest BCUT2D eigenvalue weighted by molar-refractivity contribution is -0.193. The van der Waals surface area contributed by atoms with Crippen LogP contribution in [0.2, 0.25) is 0 Å². The van der Waals surface area contributed by atoms with Crippen molar-refractivity contribution in [3.63, 3.8) is 0 Å². The molecule has 3 N–H and O–H groups in total. The highest BCUT2D eigenvalue weighted by molar-refractivity contribution is 7.09. The van der Waals surface area contributed by atoms with Crippen LogP contribution in [0.3, 0.4) is 0 Å². The van der Waals surface area contributed by atoms with E-state index in [-0.39, 0.29) is 0 Å². The summed E-state index contributed by atoms with van der Waals surface area (Å²) in [7, 11) is 0. The van der Waals surface area contributed by atoms with Gasteiger partial charge in [-0.25, -0.2) is 9.59 Å². The van der Waals surface area contributed by atoms with Crippen LogP contribution in [0, 0.1) is 0 Å². The van der Waals surface area contributed by atoms with Gasteiger partial charge >= 0.3 is 24.3 Å². The lowest BCUT2D eigenvalue weighted by atomic mass is 10.2. The number of fused-ring (bicyclic) bond motifs is 1. The van der Waals surface area contributed by atoms with Gasteiger partial charge in [0.25, 0.3) is 0 Å². The van der Waals surface area contributed by atoms with E-state index in [0.717, 1.165) is 31.1 Å². The van der Waals surface area contributed by atoms with Crippen LogP contribution in [0.5, 0.6) is 5.75 Å². The molecule has 0 aromatic carbocycles. The fourth-order valence-electron chi connectivity index (χ4n) is 2.70. The molecule has 0 fully saturated rings. The van der Waals surface area contributed by atoms with Gasteiger partial charge in [0.2, 0.25) is 0 Å². The maximum atomic E-state index is 10.6. The van der Waals surface area contributed by atoms with Crippen molar-refractivity contribution in [2.24, 2.45) is 0 Å². The first kappa shape index (κ1) is 28.6. The molecule has 9 nitrogen and oxygen atoms in total. The molecule has 0 atom stereocenters. The number of nitrogens with one attached hydrogen (secondary N) is 1. The Morgan fingerprint density at radius 1 is 1.06 bits per heavy atom. The highest BCUT2D eigenvalue weighted by Crippen LogP contribution is 2.27. The van der Waals surface area contributed by atoms with E-state index >= 15 is 0 Å². The highest BCUT2D eigenvalue weighted by atomic mass is 32.1. The van der Waals surface area contributed by atoms with Crippen molar-refractivity contribution < 1.29 is 50.9 Å². The molecule has 1 aliphatic heterocycles. The Balaban J connectivity index is 0.000000271. The summed E-state index contributed by atoms with van der Waals surface area (Å²) in [5.74, 6) is -4.74. The van der Waals surface area contributed by atoms with E-state index in [9.17, 15) is 26.3 Å². The van der Waals surface area contributed by atoms with E-state index in [4.69, 9.17) is 24.5 Å². The maximum Gasteiger partial charge on any atom is 0.490 e. The fourth-order valence-corrected chi connectivity index (χ4v) is 3.45. The highest BCUT2D eigenvalue weighted by Gasteiger charge is 2.38. The second-order valence-corrected chi connectivity index (χ2v) is 7.97.